The Kier molecular flexibility index (Phi) is 4.15. The highest BCUT2D eigenvalue weighted by Gasteiger charge is 2.16. The van der Waals surface area contributed by atoms with Crippen molar-refractivity contribution in [2.45, 2.75) is 13.8 Å². The lowest BCUT2D eigenvalue weighted by Crippen LogP contribution is -2.08. The number of ether oxygens (including phenoxy) is 2. The van der Waals surface area contributed by atoms with Crippen LogP contribution in [0, 0.1) is 6.92 Å². The lowest BCUT2D eigenvalue weighted by Gasteiger charge is -2.11. The van der Waals surface area contributed by atoms with Crippen LogP contribution in [-0.4, -0.2) is 19.7 Å². The van der Waals surface area contributed by atoms with Gasteiger partial charge in [0.25, 0.3) is 0 Å². The molecular formula is C11H13BrO3. The molecule has 3 nitrogen and oxygen atoms in total. The summed E-state index contributed by atoms with van der Waals surface area (Å²) in [7, 11) is 1.36. The monoisotopic (exact) mass is 272 g/mol. The number of halogens is 1. The number of hydrogen-bond donors (Lipinski definition) is 0. The molecule has 0 saturated carbocycles. The Hall–Kier alpha value is -1.03. The van der Waals surface area contributed by atoms with E-state index in [4.69, 9.17) is 9.47 Å². The summed E-state index contributed by atoms with van der Waals surface area (Å²) in [6.45, 7) is 4.23. The van der Waals surface area contributed by atoms with Gasteiger partial charge in [0, 0.05) is 4.47 Å². The van der Waals surface area contributed by atoms with Crippen molar-refractivity contribution in [1.82, 2.24) is 0 Å². The zero-order valence-electron chi connectivity index (χ0n) is 8.96. The van der Waals surface area contributed by atoms with Gasteiger partial charge in [0.2, 0.25) is 0 Å². The molecular weight excluding hydrogens is 260 g/mol. The lowest BCUT2D eigenvalue weighted by molar-refractivity contribution is 0.0595. The van der Waals surface area contributed by atoms with Crippen LogP contribution in [0.1, 0.15) is 22.8 Å². The van der Waals surface area contributed by atoms with E-state index < -0.39 is 0 Å². The van der Waals surface area contributed by atoms with Gasteiger partial charge in [-0.3, -0.25) is 0 Å². The molecule has 0 atom stereocenters. The molecule has 1 rings (SSSR count). The van der Waals surface area contributed by atoms with Crippen molar-refractivity contribution in [3.05, 3.63) is 27.7 Å². The summed E-state index contributed by atoms with van der Waals surface area (Å²) < 4.78 is 11.0. The van der Waals surface area contributed by atoms with Crippen molar-refractivity contribution < 1.29 is 14.3 Å². The predicted octanol–water partition coefficient (Wildman–Crippen LogP) is 2.94. The van der Waals surface area contributed by atoms with Crippen molar-refractivity contribution in [1.29, 1.82) is 0 Å². The van der Waals surface area contributed by atoms with E-state index in [1.807, 2.05) is 19.9 Å². The maximum absolute atomic E-state index is 11.5. The van der Waals surface area contributed by atoms with E-state index >= 15 is 0 Å². The number of benzene rings is 1. The van der Waals surface area contributed by atoms with Crippen LogP contribution >= 0.6 is 15.9 Å². The van der Waals surface area contributed by atoms with Gasteiger partial charge >= 0.3 is 5.97 Å². The van der Waals surface area contributed by atoms with Crippen LogP contribution in [0.15, 0.2) is 16.6 Å². The smallest absolute Gasteiger partial charge is 0.341 e. The highest BCUT2D eigenvalue weighted by atomic mass is 79.9. The van der Waals surface area contributed by atoms with Crippen molar-refractivity contribution in [3.8, 4) is 5.75 Å². The Morgan fingerprint density at radius 2 is 2.13 bits per heavy atom. The van der Waals surface area contributed by atoms with Crippen LogP contribution in [0.3, 0.4) is 0 Å². The van der Waals surface area contributed by atoms with E-state index in [9.17, 15) is 4.79 Å². The molecule has 1 aromatic rings. The standard InChI is InChI=1S/C11H13BrO3/c1-4-15-9-6-8(12)5-7(2)10(9)11(13)14-3/h5-6H,4H2,1-3H3. The number of rotatable bonds is 3. The normalized spacial score (nSPS) is 9.87. The summed E-state index contributed by atoms with van der Waals surface area (Å²) in [5.41, 5.74) is 1.32. The summed E-state index contributed by atoms with van der Waals surface area (Å²) in [6, 6.07) is 3.62. The van der Waals surface area contributed by atoms with E-state index in [-0.39, 0.29) is 5.97 Å². The molecule has 0 heterocycles. The van der Waals surface area contributed by atoms with Gasteiger partial charge in [-0.05, 0) is 31.5 Å². The minimum atomic E-state index is -0.372. The summed E-state index contributed by atoms with van der Waals surface area (Å²) >= 11 is 3.36. The molecule has 0 aliphatic heterocycles. The van der Waals surface area contributed by atoms with E-state index in [1.54, 1.807) is 6.07 Å². The van der Waals surface area contributed by atoms with Gasteiger partial charge in [-0.25, -0.2) is 4.79 Å². The fourth-order valence-corrected chi connectivity index (χ4v) is 1.90. The summed E-state index contributed by atoms with van der Waals surface area (Å²) in [6.07, 6.45) is 0. The molecule has 0 N–H and O–H groups in total. The quantitative estimate of drug-likeness (QED) is 0.794. The highest BCUT2D eigenvalue weighted by molar-refractivity contribution is 9.10. The largest absolute Gasteiger partial charge is 0.493 e. The average Bonchev–Trinajstić information content (AvgIpc) is 2.16. The van der Waals surface area contributed by atoms with Crippen LogP contribution in [0.2, 0.25) is 0 Å². The second-order valence-electron chi connectivity index (χ2n) is 3.02. The van der Waals surface area contributed by atoms with Gasteiger partial charge in [0.05, 0.1) is 13.7 Å². The summed E-state index contributed by atoms with van der Waals surface area (Å²) in [5.74, 6) is 0.180. The first kappa shape index (κ1) is 12.0. The van der Waals surface area contributed by atoms with E-state index in [2.05, 4.69) is 15.9 Å². The molecule has 0 fully saturated rings. The molecule has 1 aromatic carbocycles. The Bertz CT molecular complexity index is 374. The SMILES string of the molecule is CCOc1cc(Br)cc(C)c1C(=O)OC. The molecule has 0 spiro atoms. The van der Waals surface area contributed by atoms with Gasteiger partial charge in [0.15, 0.2) is 0 Å². The predicted molar refractivity (Wildman–Crippen MR) is 61.4 cm³/mol. The molecule has 0 bridgehead atoms. The minimum absolute atomic E-state index is 0.372. The number of carbonyl (C=O) groups excluding carboxylic acids is 1. The number of aryl methyl sites for hydroxylation is 1. The van der Waals surface area contributed by atoms with Crippen molar-refractivity contribution in [2.75, 3.05) is 13.7 Å². The second kappa shape index (κ2) is 5.16. The Labute approximate surface area is 97.5 Å². The highest BCUT2D eigenvalue weighted by Crippen LogP contribution is 2.28. The van der Waals surface area contributed by atoms with E-state index in [0.717, 1.165) is 10.0 Å². The van der Waals surface area contributed by atoms with E-state index in [0.29, 0.717) is 17.9 Å². The van der Waals surface area contributed by atoms with Crippen LogP contribution in [0.5, 0.6) is 5.75 Å². The number of carbonyl (C=O) groups is 1. The molecule has 82 valence electrons. The molecule has 0 radical (unpaired) electrons. The molecule has 0 aromatic heterocycles. The maximum atomic E-state index is 11.5. The molecule has 0 aliphatic rings. The van der Waals surface area contributed by atoms with Gasteiger partial charge in [-0.1, -0.05) is 15.9 Å². The van der Waals surface area contributed by atoms with Crippen LogP contribution in [-0.2, 0) is 4.74 Å². The fourth-order valence-electron chi connectivity index (χ4n) is 1.35. The third-order valence-corrected chi connectivity index (χ3v) is 2.41. The third-order valence-electron chi connectivity index (χ3n) is 1.95. The topological polar surface area (TPSA) is 35.5 Å². The molecule has 15 heavy (non-hydrogen) atoms. The first-order valence-electron chi connectivity index (χ1n) is 4.61. The first-order chi connectivity index (χ1) is 7.10. The summed E-state index contributed by atoms with van der Waals surface area (Å²) in [4.78, 5) is 11.5. The van der Waals surface area contributed by atoms with Crippen molar-refractivity contribution in [3.63, 3.8) is 0 Å². The second-order valence-corrected chi connectivity index (χ2v) is 3.94. The fraction of sp³-hybridized carbons (Fsp3) is 0.364. The van der Waals surface area contributed by atoms with Crippen LogP contribution in [0.25, 0.3) is 0 Å². The first-order valence-corrected chi connectivity index (χ1v) is 5.40. The number of hydrogen-bond acceptors (Lipinski definition) is 3. The Balaban J connectivity index is 3.26. The third kappa shape index (κ3) is 2.72. The minimum Gasteiger partial charge on any atom is -0.493 e. The van der Waals surface area contributed by atoms with E-state index in [1.165, 1.54) is 7.11 Å². The maximum Gasteiger partial charge on any atom is 0.341 e. The number of methoxy groups -OCH3 is 1. The van der Waals surface area contributed by atoms with Gasteiger partial charge in [-0.15, -0.1) is 0 Å². The molecule has 0 saturated heterocycles. The van der Waals surface area contributed by atoms with Gasteiger partial charge in [-0.2, -0.15) is 0 Å². The lowest BCUT2D eigenvalue weighted by atomic mass is 10.1. The Morgan fingerprint density at radius 3 is 2.67 bits per heavy atom. The molecule has 0 unspecified atom stereocenters. The van der Waals surface area contributed by atoms with Gasteiger partial charge in [0.1, 0.15) is 11.3 Å². The average molecular weight is 273 g/mol. The van der Waals surface area contributed by atoms with Gasteiger partial charge < -0.3 is 9.47 Å². The van der Waals surface area contributed by atoms with Crippen molar-refractivity contribution in [2.24, 2.45) is 0 Å². The Morgan fingerprint density at radius 1 is 1.47 bits per heavy atom. The number of esters is 1. The molecule has 0 aliphatic carbocycles. The van der Waals surface area contributed by atoms with Crippen molar-refractivity contribution >= 4 is 21.9 Å². The molecule has 4 heteroatoms. The summed E-state index contributed by atoms with van der Waals surface area (Å²) in [5, 5.41) is 0. The molecule has 0 amide bonds. The zero-order valence-corrected chi connectivity index (χ0v) is 10.6. The van der Waals surface area contributed by atoms with Crippen LogP contribution < -0.4 is 4.74 Å². The zero-order chi connectivity index (χ0) is 11.4. The van der Waals surface area contributed by atoms with Crippen LogP contribution in [0.4, 0.5) is 0 Å².